The Morgan fingerprint density at radius 1 is 1.48 bits per heavy atom. The van der Waals surface area contributed by atoms with Crippen molar-refractivity contribution in [2.45, 2.75) is 12.8 Å². The normalized spacial score (nSPS) is 17.1. The van der Waals surface area contributed by atoms with Crippen LogP contribution in [-0.2, 0) is 0 Å². The molecule has 2 aromatic rings. The van der Waals surface area contributed by atoms with Crippen molar-refractivity contribution in [1.29, 1.82) is 5.26 Å². The average Bonchev–Trinajstić information content (AvgIpc) is 2.83. The molecule has 21 heavy (non-hydrogen) atoms. The van der Waals surface area contributed by atoms with Gasteiger partial charge < -0.3 is 14.9 Å². The molecule has 0 fully saturated rings. The number of ether oxygens (including phenoxy) is 1. The molecular weight excluding hydrogens is 356 g/mol. The number of hydrogen-bond acceptors (Lipinski definition) is 6. The molecule has 1 aliphatic rings. The van der Waals surface area contributed by atoms with Crippen LogP contribution in [0.2, 0.25) is 0 Å². The molecule has 106 valence electrons. The highest BCUT2D eigenvalue weighted by atomic mass is 79.9. The van der Waals surface area contributed by atoms with Gasteiger partial charge in [-0.1, -0.05) is 0 Å². The number of fused-ring (bicyclic) bond motifs is 1. The topological polar surface area (TPSA) is 89.2 Å². The fourth-order valence-electron chi connectivity index (χ4n) is 2.28. The van der Waals surface area contributed by atoms with Gasteiger partial charge in [0.1, 0.15) is 23.2 Å². The number of thiophene rings is 1. The first-order chi connectivity index (χ1) is 10.0. The van der Waals surface area contributed by atoms with E-state index in [1.807, 2.05) is 17.5 Å². The van der Waals surface area contributed by atoms with Crippen molar-refractivity contribution in [2.24, 2.45) is 5.73 Å². The summed E-state index contributed by atoms with van der Waals surface area (Å²) in [5.74, 6) is 0.226. The molecule has 0 radical (unpaired) electrons. The maximum Gasteiger partial charge on any atom is 0.343 e. The maximum absolute atomic E-state index is 12.2. The largest absolute Gasteiger partial charge is 0.440 e. The van der Waals surface area contributed by atoms with Gasteiger partial charge in [-0.15, -0.1) is 11.3 Å². The minimum absolute atomic E-state index is 0.0181. The van der Waals surface area contributed by atoms with E-state index in [9.17, 15) is 10.1 Å². The summed E-state index contributed by atoms with van der Waals surface area (Å²) in [4.78, 5) is 13.0. The summed E-state index contributed by atoms with van der Waals surface area (Å²) in [5.41, 5.74) is 5.84. The average molecular weight is 365 g/mol. The van der Waals surface area contributed by atoms with E-state index in [1.165, 1.54) is 11.3 Å². The third-order valence-corrected chi connectivity index (χ3v) is 4.89. The van der Waals surface area contributed by atoms with Crippen molar-refractivity contribution in [3.63, 3.8) is 0 Å². The number of halogens is 1. The maximum atomic E-state index is 12.2. The predicted molar refractivity (Wildman–Crippen MR) is 81.0 cm³/mol. The summed E-state index contributed by atoms with van der Waals surface area (Å²) >= 11 is 4.80. The van der Waals surface area contributed by atoms with E-state index in [2.05, 4.69) is 15.9 Å². The number of allylic oxidation sites excluding steroid dienone is 1. The van der Waals surface area contributed by atoms with Crippen LogP contribution in [0.5, 0.6) is 5.75 Å². The molecule has 0 bridgehead atoms. The van der Waals surface area contributed by atoms with E-state index >= 15 is 0 Å². The highest BCUT2D eigenvalue weighted by Gasteiger charge is 2.35. The van der Waals surface area contributed by atoms with Crippen LogP contribution < -0.4 is 16.1 Å². The molecule has 0 unspecified atom stereocenters. The smallest absolute Gasteiger partial charge is 0.343 e. The fourth-order valence-corrected chi connectivity index (χ4v) is 3.84. The lowest BCUT2D eigenvalue weighted by Gasteiger charge is -2.24. The van der Waals surface area contributed by atoms with E-state index in [-0.39, 0.29) is 11.5 Å². The number of nitrogens with zero attached hydrogens (tertiary/aromatic N) is 1. The fraction of sp³-hybridized carbons (Fsp3) is 0.143. The minimum Gasteiger partial charge on any atom is -0.440 e. The Kier molecular flexibility index (Phi) is 3.35. The molecule has 1 atom stereocenters. The van der Waals surface area contributed by atoms with Gasteiger partial charge in [0.05, 0.1) is 11.5 Å². The molecule has 0 saturated carbocycles. The summed E-state index contributed by atoms with van der Waals surface area (Å²) in [7, 11) is 0. The molecular formula is C14H9BrN2O3S. The molecule has 3 heterocycles. The molecule has 3 rings (SSSR count). The summed E-state index contributed by atoms with van der Waals surface area (Å²) < 4.78 is 11.4. The van der Waals surface area contributed by atoms with Crippen molar-refractivity contribution in [2.75, 3.05) is 0 Å². The van der Waals surface area contributed by atoms with Gasteiger partial charge in [0, 0.05) is 20.8 Å². The van der Waals surface area contributed by atoms with Crippen molar-refractivity contribution in [1.82, 2.24) is 0 Å². The lowest BCUT2D eigenvalue weighted by molar-refractivity contribution is 0.372. The molecule has 0 saturated heterocycles. The number of hydrogen-bond donors (Lipinski definition) is 1. The van der Waals surface area contributed by atoms with Crippen LogP contribution in [0.1, 0.15) is 22.1 Å². The third-order valence-electron chi connectivity index (χ3n) is 3.13. The van der Waals surface area contributed by atoms with Crippen LogP contribution in [0.25, 0.3) is 0 Å². The number of rotatable bonds is 1. The Labute approximate surface area is 132 Å². The highest BCUT2D eigenvalue weighted by molar-refractivity contribution is 9.10. The molecule has 2 N–H and O–H groups in total. The standard InChI is InChI=1S/C14H9BrN2O3S/c1-6-2-9-12(14(18)19-6)11(8(4-16)13(17)20-9)10-3-7(15)5-21-10/h2-3,5,11H,17H2,1H3/t11-/m0/s1. The van der Waals surface area contributed by atoms with Crippen molar-refractivity contribution >= 4 is 27.3 Å². The Bertz CT molecular complexity index is 860. The first kappa shape index (κ1) is 13.9. The lowest BCUT2D eigenvalue weighted by Crippen LogP contribution is -2.25. The summed E-state index contributed by atoms with van der Waals surface area (Å²) in [6, 6.07) is 5.49. The zero-order valence-corrected chi connectivity index (χ0v) is 13.2. The van der Waals surface area contributed by atoms with Gasteiger partial charge >= 0.3 is 5.63 Å². The number of nitrogens with two attached hydrogens (primary N) is 1. The van der Waals surface area contributed by atoms with E-state index in [4.69, 9.17) is 14.9 Å². The second-order valence-electron chi connectivity index (χ2n) is 4.51. The predicted octanol–water partition coefficient (Wildman–Crippen LogP) is 2.99. The second-order valence-corrected chi connectivity index (χ2v) is 6.37. The molecule has 5 nitrogen and oxygen atoms in total. The first-order valence-corrected chi connectivity index (χ1v) is 7.64. The molecule has 7 heteroatoms. The van der Waals surface area contributed by atoms with Gasteiger partial charge in [-0.25, -0.2) is 4.79 Å². The van der Waals surface area contributed by atoms with E-state index in [0.29, 0.717) is 17.1 Å². The lowest BCUT2D eigenvalue weighted by atomic mass is 9.89. The van der Waals surface area contributed by atoms with Crippen LogP contribution in [0.4, 0.5) is 0 Å². The van der Waals surface area contributed by atoms with E-state index < -0.39 is 11.5 Å². The molecule has 0 aliphatic carbocycles. The molecule has 0 spiro atoms. The van der Waals surface area contributed by atoms with Gasteiger partial charge in [-0.05, 0) is 28.9 Å². The molecule has 1 aliphatic heterocycles. The van der Waals surface area contributed by atoms with Gasteiger partial charge in [-0.2, -0.15) is 5.26 Å². The Morgan fingerprint density at radius 3 is 2.86 bits per heavy atom. The van der Waals surface area contributed by atoms with Gasteiger partial charge in [0.2, 0.25) is 5.88 Å². The Morgan fingerprint density at radius 2 is 2.24 bits per heavy atom. The third kappa shape index (κ3) is 2.26. The van der Waals surface area contributed by atoms with E-state index in [1.54, 1.807) is 13.0 Å². The molecule has 2 aromatic heterocycles. The van der Waals surface area contributed by atoms with Crippen LogP contribution >= 0.6 is 27.3 Å². The van der Waals surface area contributed by atoms with Crippen LogP contribution in [0.3, 0.4) is 0 Å². The van der Waals surface area contributed by atoms with Gasteiger partial charge in [0.15, 0.2) is 0 Å². The summed E-state index contributed by atoms with van der Waals surface area (Å²) in [5, 5.41) is 11.2. The zero-order chi connectivity index (χ0) is 15.1. The highest BCUT2D eigenvalue weighted by Crippen LogP contribution is 2.43. The van der Waals surface area contributed by atoms with Crippen LogP contribution in [0, 0.1) is 18.3 Å². The quantitative estimate of drug-likeness (QED) is 0.839. The number of nitriles is 1. The SMILES string of the molecule is Cc1cc2c(c(=O)o1)[C@H](c1cc(Br)cs1)C(C#N)=C(N)O2. The van der Waals surface area contributed by atoms with Crippen LogP contribution in [0.15, 0.2) is 42.7 Å². The van der Waals surface area contributed by atoms with E-state index in [0.717, 1.165) is 9.35 Å². The van der Waals surface area contributed by atoms with Gasteiger partial charge in [-0.3, -0.25) is 0 Å². The van der Waals surface area contributed by atoms with Crippen molar-refractivity contribution in [3.8, 4) is 11.8 Å². The number of aryl methyl sites for hydroxylation is 1. The van der Waals surface area contributed by atoms with Crippen molar-refractivity contribution in [3.05, 3.63) is 60.1 Å². The van der Waals surface area contributed by atoms with Crippen LogP contribution in [-0.4, -0.2) is 0 Å². The molecule has 0 amide bonds. The van der Waals surface area contributed by atoms with Gasteiger partial charge in [0.25, 0.3) is 0 Å². The first-order valence-electron chi connectivity index (χ1n) is 5.97. The minimum atomic E-state index is -0.563. The van der Waals surface area contributed by atoms with Crippen molar-refractivity contribution < 1.29 is 9.15 Å². The zero-order valence-electron chi connectivity index (χ0n) is 10.8. The monoisotopic (exact) mass is 364 g/mol. The second kappa shape index (κ2) is 5.06. The Balaban J connectivity index is 2.31. The Hall–Kier alpha value is -2.04. The summed E-state index contributed by atoms with van der Waals surface area (Å²) in [6.45, 7) is 1.65. The molecule has 0 aromatic carbocycles. The summed E-state index contributed by atoms with van der Waals surface area (Å²) in [6.07, 6.45) is 0.